The van der Waals surface area contributed by atoms with Gasteiger partial charge >= 0.3 is 0 Å². The van der Waals surface area contributed by atoms with Gasteiger partial charge in [-0.1, -0.05) is 5.16 Å². The van der Waals surface area contributed by atoms with Crippen molar-refractivity contribution in [2.75, 3.05) is 29.0 Å². The number of hydrogen-bond donors (Lipinski definition) is 2. The Hall–Kier alpha value is -3.35. The number of nitrogens with zero attached hydrogens (tertiary/aromatic N) is 3. The summed E-state index contributed by atoms with van der Waals surface area (Å²) in [4.78, 5) is 18.9. The van der Waals surface area contributed by atoms with E-state index in [-0.39, 0.29) is 17.4 Å². The van der Waals surface area contributed by atoms with Gasteiger partial charge in [0.2, 0.25) is 5.88 Å². The van der Waals surface area contributed by atoms with Gasteiger partial charge in [0.05, 0.1) is 0 Å². The number of benzene rings is 1. The Bertz CT molecular complexity index is 871. The van der Waals surface area contributed by atoms with Gasteiger partial charge in [-0.25, -0.2) is 0 Å². The lowest BCUT2D eigenvalue weighted by Gasteiger charge is -2.21. The maximum atomic E-state index is 12.7. The molecule has 26 heavy (non-hydrogen) atoms. The molecule has 3 N–H and O–H groups in total. The molecule has 0 radical (unpaired) electrons. The summed E-state index contributed by atoms with van der Waals surface area (Å²) in [6.45, 7) is 6.06. The second kappa shape index (κ2) is 7.69. The minimum Gasteiger partial charge on any atom is -0.372 e. The van der Waals surface area contributed by atoms with Crippen molar-refractivity contribution in [3.8, 4) is 11.3 Å². The fourth-order valence-corrected chi connectivity index (χ4v) is 2.77. The van der Waals surface area contributed by atoms with E-state index in [0.717, 1.165) is 18.8 Å². The Balaban J connectivity index is 1.82. The maximum Gasteiger partial charge on any atom is 0.263 e. The summed E-state index contributed by atoms with van der Waals surface area (Å²) in [5.41, 5.74) is 8.91. The van der Waals surface area contributed by atoms with Crippen molar-refractivity contribution in [1.29, 1.82) is 0 Å². The van der Waals surface area contributed by atoms with Gasteiger partial charge in [-0.3, -0.25) is 9.78 Å². The molecule has 0 unspecified atom stereocenters. The third-order valence-corrected chi connectivity index (χ3v) is 4.15. The number of nitrogens with two attached hydrogens (primary N) is 1. The lowest BCUT2D eigenvalue weighted by Crippen LogP contribution is -2.21. The van der Waals surface area contributed by atoms with Crippen molar-refractivity contribution < 1.29 is 9.32 Å². The first-order valence-corrected chi connectivity index (χ1v) is 8.46. The molecule has 7 heteroatoms. The average molecular weight is 351 g/mol. The molecule has 0 atom stereocenters. The molecule has 3 rings (SSSR count). The molecule has 1 aromatic carbocycles. The van der Waals surface area contributed by atoms with Gasteiger partial charge in [0.1, 0.15) is 11.3 Å². The molecule has 0 saturated carbocycles. The van der Waals surface area contributed by atoms with Crippen molar-refractivity contribution in [3.05, 3.63) is 54.4 Å². The van der Waals surface area contributed by atoms with Crippen LogP contribution in [0.4, 0.5) is 17.3 Å². The van der Waals surface area contributed by atoms with E-state index >= 15 is 0 Å². The SMILES string of the molecule is CCN(CC)c1ccc(NC(=O)c2c(-c3ccncc3)noc2N)cc1. The third kappa shape index (κ3) is 3.51. The monoisotopic (exact) mass is 351 g/mol. The zero-order valence-corrected chi connectivity index (χ0v) is 14.8. The summed E-state index contributed by atoms with van der Waals surface area (Å²) < 4.78 is 5.03. The van der Waals surface area contributed by atoms with Crippen LogP contribution in [0.3, 0.4) is 0 Å². The van der Waals surface area contributed by atoms with Crippen LogP contribution >= 0.6 is 0 Å². The number of carbonyl (C=O) groups is 1. The van der Waals surface area contributed by atoms with Crippen LogP contribution in [0.25, 0.3) is 11.3 Å². The zero-order valence-electron chi connectivity index (χ0n) is 14.8. The van der Waals surface area contributed by atoms with E-state index in [1.807, 2.05) is 24.3 Å². The van der Waals surface area contributed by atoms with Crippen LogP contribution in [0.2, 0.25) is 0 Å². The predicted molar refractivity (Wildman–Crippen MR) is 102 cm³/mol. The second-order valence-corrected chi connectivity index (χ2v) is 5.68. The Morgan fingerprint density at radius 3 is 2.38 bits per heavy atom. The summed E-state index contributed by atoms with van der Waals surface area (Å²) in [7, 11) is 0. The first-order valence-electron chi connectivity index (χ1n) is 8.46. The standard InChI is InChI=1S/C19H21N5O2/c1-3-24(4-2)15-7-5-14(6-8-15)22-19(25)16-17(23-26-18(16)20)13-9-11-21-12-10-13/h5-12H,3-4,20H2,1-2H3,(H,22,25). The fraction of sp³-hybridized carbons (Fsp3) is 0.211. The number of hydrogen-bond acceptors (Lipinski definition) is 6. The highest BCUT2D eigenvalue weighted by Crippen LogP contribution is 2.27. The van der Waals surface area contributed by atoms with Gasteiger partial charge in [0.15, 0.2) is 0 Å². The van der Waals surface area contributed by atoms with Crippen LogP contribution in [0.1, 0.15) is 24.2 Å². The van der Waals surface area contributed by atoms with Gasteiger partial charge in [-0.05, 0) is 50.2 Å². The number of nitrogens with one attached hydrogen (secondary N) is 1. The fourth-order valence-electron chi connectivity index (χ4n) is 2.77. The summed E-state index contributed by atoms with van der Waals surface area (Å²) in [5.74, 6) is -0.389. The summed E-state index contributed by atoms with van der Waals surface area (Å²) in [6, 6.07) is 11.2. The lowest BCUT2D eigenvalue weighted by molar-refractivity contribution is 0.102. The van der Waals surface area contributed by atoms with Crippen molar-refractivity contribution in [2.45, 2.75) is 13.8 Å². The molecule has 0 fully saturated rings. The van der Waals surface area contributed by atoms with Crippen molar-refractivity contribution >= 4 is 23.2 Å². The molecule has 134 valence electrons. The Kier molecular flexibility index (Phi) is 5.17. The number of anilines is 3. The predicted octanol–water partition coefficient (Wildman–Crippen LogP) is 3.42. The van der Waals surface area contributed by atoms with Crippen molar-refractivity contribution in [2.24, 2.45) is 0 Å². The number of aromatic nitrogens is 2. The molecular formula is C19H21N5O2. The molecular weight excluding hydrogens is 330 g/mol. The minimum atomic E-state index is -0.369. The van der Waals surface area contributed by atoms with Gasteiger partial charge < -0.3 is 20.5 Å². The Morgan fingerprint density at radius 2 is 1.77 bits per heavy atom. The maximum absolute atomic E-state index is 12.7. The summed E-state index contributed by atoms with van der Waals surface area (Å²) in [5, 5.41) is 6.76. The molecule has 0 spiro atoms. The highest BCUT2D eigenvalue weighted by atomic mass is 16.5. The van der Waals surface area contributed by atoms with Crippen molar-refractivity contribution in [3.63, 3.8) is 0 Å². The number of nitrogen functional groups attached to an aromatic ring is 1. The normalized spacial score (nSPS) is 10.5. The van der Waals surface area contributed by atoms with E-state index in [4.69, 9.17) is 10.3 Å². The van der Waals surface area contributed by atoms with E-state index in [1.54, 1.807) is 24.5 Å². The number of pyridine rings is 1. The van der Waals surface area contributed by atoms with E-state index in [0.29, 0.717) is 16.9 Å². The first kappa shape index (κ1) is 17.5. The minimum absolute atomic E-state index is 0.0194. The highest BCUT2D eigenvalue weighted by Gasteiger charge is 2.22. The smallest absolute Gasteiger partial charge is 0.263 e. The van der Waals surface area contributed by atoms with E-state index < -0.39 is 0 Å². The van der Waals surface area contributed by atoms with Gasteiger partial charge in [-0.2, -0.15) is 0 Å². The molecule has 2 aromatic heterocycles. The van der Waals surface area contributed by atoms with Crippen LogP contribution < -0.4 is 16.0 Å². The highest BCUT2D eigenvalue weighted by molar-refractivity contribution is 6.11. The van der Waals surface area contributed by atoms with E-state index in [9.17, 15) is 4.79 Å². The molecule has 0 bridgehead atoms. The first-order chi connectivity index (χ1) is 12.6. The molecule has 0 saturated heterocycles. The van der Waals surface area contributed by atoms with Crippen molar-refractivity contribution in [1.82, 2.24) is 10.1 Å². The Labute approximate surface area is 151 Å². The van der Waals surface area contributed by atoms with Gasteiger partial charge in [0.25, 0.3) is 5.91 Å². The zero-order chi connectivity index (χ0) is 18.5. The number of carbonyl (C=O) groups excluding carboxylic acids is 1. The Morgan fingerprint density at radius 1 is 1.12 bits per heavy atom. The molecule has 0 aliphatic carbocycles. The average Bonchev–Trinajstić information content (AvgIpc) is 3.06. The third-order valence-electron chi connectivity index (χ3n) is 4.15. The van der Waals surface area contributed by atoms with Gasteiger partial charge in [0, 0.05) is 42.4 Å². The van der Waals surface area contributed by atoms with Crippen LogP contribution in [-0.2, 0) is 0 Å². The largest absolute Gasteiger partial charge is 0.372 e. The summed E-state index contributed by atoms with van der Waals surface area (Å²) >= 11 is 0. The van der Waals surface area contributed by atoms with Crippen LogP contribution in [-0.4, -0.2) is 29.1 Å². The van der Waals surface area contributed by atoms with Crippen LogP contribution in [0.5, 0.6) is 0 Å². The molecule has 1 amide bonds. The second-order valence-electron chi connectivity index (χ2n) is 5.68. The lowest BCUT2D eigenvalue weighted by atomic mass is 10.1. The number of amides is 1. The topological polar surface area (TPSA) is 97.3 Å². The van der Waals surface area contributed by atoms with Gasteiger partial charge in [-0.15, -0.1) is 0 Å². The molecule has 2 heterocycles. The molecule has 3 aromatic rings. The molecule has 7 nitrogen and oxygen atoms in total. The van der Waals surface area contributed by atoms with E-state index in [2.05, 4.69) is 34.2 Å². The van der Waals surface area contributed by atoms with Crippen LogP contribution in [0.15, 0.2) is 53.3 Å². The van der Waals surface area contributed by atoms with Crippen LogP contribution in [0, 0.1) is 0 Å². The van der Waals surface area contributed by atoms with E-state index in [1.165, 1.54) is 0 Å². The molecule has 0 aliphatic heterocycles. The quantitative estimate of drug-likeness (QED) is 0.706. The summed E-state index contributed by atoms with van der Waals surface area (Å²) in [6.07, 6.45) is 3.24. The molecule has 0 aliphatic rings. The number of rotatable bonds is 6.